The van der Waals surface area contributed by atoms with Crippen molar-refractivity contribution in [3.8, 4) is 5.75 Å². The van der Waals surface area contributed by atoms with E-state index in [1.807, 2.05) is 0 Å². The quantitative estimate of drug-likeness (QED) is 0.296. The predicted octanol–water partition coefficient (Wildman–Crippen LogP) is 3.10. The number of methoxy groups -OCH3 is 1. The van der Waals surface area contributed by atoms with Crippen molar-refractivity contribution >= 4 is 29.1 Å². The van der Waals surface area contributed by atoms with Gasteiger partial charge in [0.05, 0.1) is 40.0 Å². The Bertz CT molecular complexity index is 1500. The number of ether oxygens (including phenoxy) is 2. The van der Waals surface area contributed by atoms with Crippen molar-refractivity contribution in [1.82, 2.24) is 4.57 Å². The Kier molecular flexibility index (Phi) is 6.65. The van der Waals surface area contributed by atoms with Gasteiger partial charge in [-0.3, -0.25) is 19.5 Å². The van der Waals surface area contributed by atoms with Gasteiger partial charge in [0.2, 0.25) is 0 Å². The number of aromatic nitrogens is 1. The number of carbonyl (C=O) groups excluding carboxylic acids is 1. The number of nitro groups is 1. The topological polar surface area (TPSA) is 113 Å². The SMILES string of the molecule is COc1ccc([C@H]2C(C(=O)OC(C)C)=C(C)N=c3s/c(=C/c4ccc([N+](=O)[O-])cc4)c(=O)n32)cc1. The second kappa shape index (κ2) is 9.67. The molecule has 1 aromatic heterocycles. The summed E-state index contributed by atoms with van der Waals surface area (Å²) in [4.78, 5) is 42.1. The highest BCUT2D eigenvalue weighted by Gasteiger charge is 2.33. The van der Waals surface area contributed by atoms with Gasteiger partial charge < -0.3 is 9.47 Å². The minimum atomic E-state index is -0.734. The summed E-state index contributed by atoms with van der Waals surface area (Å²) in [5.41, 5.74) is 1.75. The highest BCUT2D eigenvalue weighted by Crippen LogP contribution is 2.31. The summed E-state index contributed by atoms with van der Waals surface area (Å²) < 4.78 is 12.6. The Balaban J connectivity index is 1.89. The lowest BCUT2D eigenvalue weighted by molar-refractivity contribution is -0.384. The molecular formula is C25H23N3O6S. The standard InChI is InChI=1S/C25H23N3O6S/c1-14(2)34-24(30)21-15(3)26-25-27(22(21)17-7-11-19(33-4)12-8-17)23(29)20(35-25)13-16-5-9-18(10-6-16)28(31)32/h5-14,22H,1-4H3/b20-13+/t22-/m0/s1. The summed E-state index contributed by atoms with van der Waals surface area (Å²) >= 11 is 1.19. The molecule has 0 unspecified atom stereocenters. The highest BCUT2D eigenvalue weighted by molar-refractivity contribution is 7.07. The van der Waals surface area contributed by atoms with Gasteiger partial charge in [0.15, 0.2) is 4.80 Å². The number of nitro benzene ring substituents is 1. The number of benzene rings is 2. The Morgan fingerprint density at radius 3 is 2.40 bits per heavy atom. The number of thiazole rings is 1. The molecule has 2 aromatic carbocycles. The molecule has 0 saturated carbocycles. The van der Waals surface area contributed by atoms with Gasteiger partial charge in [-0.25, -0.2) is 9.79 Å². The molecule has 35 heavy (non-hydrogen) atoms. The Morgan fingerprint density at radius 1 is 1.17 bits per heavy atom. The number of fused-ring (bicyclic) bond motifs is 1. The van der Waals surface area contributed by atoms with Crippen LogP contribution in [0.15, 0.2) is 69.6 Å². The third-order valence-electron chi connectivity index (χ3n) is 5.42. The third kappa shape index (κ3) is 4.78. The van der Waals surface area contributed by atoms with Crippen molar-refractivity contribution in [3.05, 3.63) is 101 Å². The van der Waals surface area contributed by atoms with Crippen molar-refractivity contribution in [3.63, 3.8) is 0 Å². The maximum atomic E-state index is 13.6. The molecule has 0 spiro atoms. The number of esters is 1. The number of hydrogen-bond donors (Lipinski definition) is 0. The van der Waals surface area contributed by atoms with Crippen LogP contribution in [0.3, 0.4) is 0 Å². The van der Waals surface area contributed by atoms with Gasteiger partial charge in [0.1, 0.15) is 5.75 Å². The normalized spacial score (nSPS) is 15.6. The van der Waals surface area contributed by atoms with E-state index in [2.05, 4.69) is 4.99 Å². The van der Waals surface area contributed by atoms with Crippen molar-refractivity contribution in [2.24, 2.45) is 4.99 Å². The number of hydrogen-bond acceptors (Lipinski definition) is 8. The van der Waals surface area contributed by atoms with Crippen LogP contribution in [0.2, 0.25) is 0 Å². The van der Waals surface area contributed by atoms with Crippen LogP contribution in [-0.4, -0.2) is 28.7 Å². The van der Waals surface area contributed by atoms with Crippen LogP contribution >= 0.6 is 11.3 Å². The molecule has 4 rings (SSSR count). The van der Waals surface area contributed by atoms with E-state index in [-0.39, 0.29) is 22.9 Å². The molecule has 0 bridgehead atoms. The third-order valence-corrected chi connectivity index (χ3v) is 6.40. The van der Waals surface area contributed by atoms with Crippen LogP contribution in [-0.2, 0) is 9.53 Å². The zero-order valence-electron chi connectivity index (χ0n) is 19.6. The number of non-ortho nitro benzene ring substituents is 1. The molecule has 1 aliphatic rings. The van der Waals surface area contributed by atoms with Gasteiger partial charge in [-0.2, -0.15) is 0 Å². The smallest absolute Gasteiger partial charge is 0.338 e. The first-order chi connectivity index (χ1) is 16.7. The van der Waals surface area contributed by atoms with Gasteiger partial charge in [-0.1, -0.05) is 23.5 Å². The van der Waals surface area contributed by atoms with Crippen molar-refractivity contribution < 1.29 is 19.2 Å². The molecular weight excluding hydrogens is 470 g/mol. The number of nitrogens with zero attached hydrogens (tertiary/aromatic N) is 3. The van der Waals surface area contributed by atoms with Gasteiger partial charge in [0.25, 0.3) is 11.2 Å². The Hall–Kier alpha value is -4.05. The molecule has 0 N–H and O–H groups in total. The summed E-state index contributed by atoms with van der Waals surface area (Å²) in [6.45, 7) is 5.24. The summed E-state index contributed by atoms with van der Waals surface area (Å²) in [5.74, 6) is 0.109. The first-order valence-electron chi connectivity index (χ1n) is 10.8. The lowest BCUT2D eigenvalue weighted by Crippen LogP contribution is -2.40. The lowest BCUT2D eigenvalue weighted by Gasteiger charge is -2.25. The van der Waals surface area contributed by atoms with Crippen molar-refractivity contribution in [2.75, 3.05) is 7.11 Å². The summed E-state index contributed by atoms with van der Waals surface area (Å²) in [6, 6.07) is 12.3. The zero-order chi connectivity index (χ0) is 25.3. The van der Waals surface area contributed by atoms with Crippen LogP contribution in [0.4, 0.5) is 5.69 Å². The van der Waals surface area contributed by atoms with Crippen LogP contribution in [0.25, 0.3) is 6.08 Å². The van der Waals surface area contributed by atoms with E-state index >= 15 is 0 Å². The molecule has 0 fully saturated rings. The molecule has 10 heteroatoms. The number of carbonyl (C=O) groups is 1. The van der Waals surface area contributed by atoms with E-state index in [1.165, 1.54) is 28.0 Å². The maximum absolute atomic E-state index is 13.6. The first-order valence-corrected chi connectivity index (χ1v) is 11.6. The maximum Gasteiger partial charge on any atom is 0.338 e. The van der Waals surface area contributed by atoms with Crippen LogP contribution in [0.1, 0.15) is 37.9 Å². The van der Waals surface area contributed by atoms with Gasteiger partial charge >= 0.3 is 5.97 Å². The molecule has 9 nitrogen and oxygen atoms in total. The fourth-order valence-electron chi connectivity index (χ4n) is 3.81. The van der Waals surface area contributed by atoms with Crippen molar-refractivity contribution in [2.45, 2.75) is 32.9 Å². The van der Waals surface area contributed by atoms with E-state index in [0.29, 0.717) is 31.9 Å². The molecule has 0 radical (unpaired) electrons. The van der Waals surface area contributed by atoms with E-state index < -0.39 is 16.9 Å². The summed E-state index contributed by atoms with van der Waals surface area (Å²) in [5, 5.41) is 10.9. The van der Waals surface area contributed by atoms with Crippen LogP contribution in [0.5, 0.6) is 5.75 Å². The molecule has 1 atom stereocenters. The number of allylic oxidation sites excluding steroid dienone is 1. The van der Waals surface area contributed by atoms with E-state index in [4.69, 9.17) is 9.47 Å². The minimum Gasteiger partial charge on any atom is -0.497 e. The average Bonchev–Trinajstić information content (AvgIpc) is 3.12. The van der Waals surface area contributed by atoms with E-state index in [1.54, 1.807) is 70.4 Å². The highest BCUT2D eigenvalue weighted by atomic mass is 32.1. The Labute approximate surface area is 204 Å². The molecule has 1 aliphatic heterocycles. The predicted molar refractivity (Wildman–Crippen MR) is 131 cm³/mol. The molecule has 2 heterocycles. The molecule has 180 valence electrons. The molecule has 0 aliphatic carbocycles. The lowest BCUT2D eigenvalue weighted by atomic mass is 9.96. The van der Waals surface area contributed by atoms with Crippen LogP contribution < -0.4 is 19.6 Å². The van der Waals surface area contributed by atoms with Gasteiger partial charge in [0, 0.05) is 12.1 Å². The summed E-state index contributed by atoms with van der Waals surface area (Å²) in [6.07, 6.45) is 1.32. The van der Waals surface area contributed by atoms with Gasteiger partial charge in [-0.05, 0) is 62.2 Å². The van der Waals surface area contributed by atoms with E-state index in [0.717, 1.165) is 0 Å². The molecule has 3 aromatic rings. The van der Waals surface area contributed by atoms with Gasteiger partial charge in [-0.15, -0.1) is 0 Å². The average molecular weight is 494 g/mol. The minimum absolute atomic E-state index is 0.0351. The zero-order valence-corrected chi connectivity index (χ0v) is 20.4. The summed E-state index contributed by atoms with van der Waals surface area (Å²) in [7, 11) is 1.56. The van der Waals surface area contributed by atoms with Crippen molar-refractivity contribution in [1.29, 1.82) is 0 Å². The monoisotopic (exact) mass is 493 g/mol. The second-order valence-corrected chi connectivity index (χ2v) is 9.17. The number of rotatable bonds is 6. The molecule has 0 saturated heterocycles. The molecule has 0 amide bonds. The van der Waals surface area contributed by atoms with Crippen LogP contribution in [0, 0.1) is 10.1 Å². The first kappa shape index (κ1) is 24.1. The fraction of sp³-hybridized carbons (Fsp3) is 0.240. The Morgan fingerprint density at radius 2 is 1.83 bits per heavy atom. The fourth-order valence-corrected chi connectivity index (χ4v) is 4.85. The van der Waals surface area contributed by atoms with E-state index in [9.17, 15) is 19.7 Å². The largest absolute Gasteiger partial charge is 0.497 e. The second-order valence-electron chi connectivity index (χ2n) is 8.16.